The number of piperidine rings is 1. The molecule has 0 radical (unpaired) electrons. The van der Waals surface area contributed by atoms with Gasteiger partial charge in [0.2, 0.25) is 0 Å². The molecule has 0 spiro atoms. The summed E-state index contributed by atoms with van der Waals surface area (Å²) in [5.41, 5.74) is -2.95. The van der Waals surface area contributed by atoms with E-state index in [1.807, 2.05) is 18.0 Å². The van der Waals surface area contributed by atoms with Gasteiger partial charge < -0.3 is 20.3 Å². The van der Waals surface area contributed by atoms with Crippen LogP contribution in [0.3, 0.4) is 0 Å². The molecule has 2 aliphatic rings. The maximum Gasteiger partial charge on any atom is 0.447 e. The third kappa shape index (κ3) is 7.15. The second-order valence-corrected chi connectivity index (χ2v) is 13.7. The predicted molar refractivity (Wildman–Crippen MR) is 155 cm³/mol. The van der Waals surface area contributed by atoms with Gasteiger partial charge in [-0.05, 0) is 75.1 Å². The van der Waals surface area contributed by atoms with Crippen LogP contribution in [0.15, 0.2) is 41.6 Å². The predicted octanol–water partition coefficient (Wildman–Crippen LogP) is 5.77. The topological polar surface area (TPSA) is 53.8 Å². The van der Waals surface area contributed by atoms with Crippen molar-refractivity contribution in [3.8, 4) is 17.6 Å². The third-order valence-electron chi connectivity index (χ3n) is 6.78. The summed E-state index contributed by atoms with van der Waals surface area (Å²) in [5, 5.41) is 7.52. The number of alkyl halides is 4. The lowest BCUT2D eigenvalue weighted by Gasteiger charge is -2.33. The molecule has 3 aromatic rings. The molecular weight excluding hydrogens is 561 g/mol. The van der Waals surface area contributed by atoms with Gasteiger partial charge in [0.15, 0.2) is 5.65 Å². The third-order valence-corrected chi connectivity index (χ3v) is 8.90. The number of halogens is 4. The van der Waals surface area contributed by atoms with Gasteiger partial charge in [-0.2, -0.15) is 13.2 Å². The second-order valence-electron chi connectivity index (χ2n) is 10.3. The molecule has 12 heteroatoms. The summed E-state index contributed by atoms with van der Waals surface area (Å²) in [5.74, 6) is 6.53. The van der Waals surface area contributed by atoms with Gasteiger partial charge in [0.25, 0.3) is 0 Å². The van der Waals surface area contributed by atoms with Gasteiger partial charge in [0, 0.05) is 31.0 Å². The zero-order chi connectivity index (χ0) is 28.4. The zero-order valence-electron chi connectivity index (χ0n) is 22.6. The summed E-state index contributed by atoms with van der Waals surface area (Å²) in [7, 11) is 1.58. The van der Waals surface area contributed by atoms with Gasteiger partial charge >= 0.3 is 5.51 Å². The fourth-order valence-corrected chi connectivity index (χ4v) is 5.94. The zero-order valence-corrected chi connectivity index (χ0v) is 24.3. The monoisotopic (exact) mass is 593 g/mol. The Labute approximate surface area is 237 Å². The Hall–Kier alpha value is -2.67. The summed E-state index contributed by atoms with van der Waals surface area (Å²) in [4.78, 5) is 6.38. The van der Waals surface area contributed by atoms with Crippen molar-refractivity contribution in [2.45, 2.75) is 48.1 Å². The Morgan fingerprint density at radius 1 is 1.18 bits per heavy atom. The van der Waals surface area contributed by atoms with Crippen molar-refractivity contribution >= 4 is 42.0 Å². The van der Waals surface area contributed by atoms with Gasteiger partial charge in [-0.1, -0.05) is 19.9 Å². The minimum absolute atomic E-state index is 0.0194. The van der Waals surface area contributed by atoms with Crippen LogP contribution in [0.5, 0.6) is 5.75 Å². The number of anilines is 2. The Morgan fingerprint density at radius 2 is 1.98 bits per heavy atom. The van der Waals surface area contributed by atoms with Crippen LogP contribution in [0.25, 0.3) is 5.65 Å². The normalized spacial score (nSPS) is 19.9. The Kier molecular flexibility index (Phi) is 8.69. The second kappa shape index (κ2) is 12.1. The molecule has 1 aromatic carbocycles. The maximum absolute atomic E-state index is 14.7. The highest BCUT2D eigenvalue weighted by molar-refractivity contribution is 8.00. The number of pyridine rings is 1. The van der Waals surface area contributed by atoms with Gasteiger partial charge in [-0.25, -0.2) is 9.37 Å². The van der Waals surface area contributed by atoms with Crippen LogP contribution in [0.4, 0.5) is 28.9 Å². The van der Waals surface area contributed by atoms with E-state index in [0.29, 0.717) is 18.7 Å². The Balaban J connectivity index is 1.39. The number of aromatic nitrogens is 2. The molecule has 3 heterocycles. The van der Waals surface area contributed by atoms with E-state index in [2.05, 4.69) is 52.9 Å². The van der Waals surface area contributed by atoms with Crippen molar-refractivity contribution < 1.29 is 22.3 Å². The van der Waals surface area contributed by atoms with E-state index in [-0.39, 0.29) is 48.7 Å². The summed E-state index contributed by atoms with van der Waals surface area (Å²) in [6, 6.07) is 8.96. The van der Waals surface area contributed by atoms with E-state index >= 15 is 0 Å². The first kappa shape index (κ1) is 28.8. The number of rotatable bonds is 8. The number of fused-ring (bicyclic) bond motifs is 1. The molecule has 2 atom stereocenters. The van der Waals surface area contributed by atoms with Crippen molar-refractivity contribution in [2.75, 3.05) is 50.6 Å². The highest BCUT2D eigenvalue weighted by Gasteiger charge is 2.34. The summed E-state index contributed by atoms with van der Waals surface area (Å²) in [6.07, 6.45) is 3.29. The van der Waals surface area contributed by atoms with Crippen molar-refractivity contribution in [3.63, 3.8) is 0 Å². The first-order valence-corrected chi connectivity index (χ1v) is 16.2. The standard InChI is InChI=1S/C28H32F4N5OPS/c1-36-15-12-21(20(29)17-36)34-23-7-5-14-37-26(23)35-24(27(37)40-28(30,31)32)6-4-13-33-22-11-10-19(39(2)3)16-25(22)38-18-8-9-18/h5,7,10-11,14,16,18,20-21,33-34H,8-9,12-13,15,17H2,1-3H3. The highest BCUT2D eigenvalue weighted by Crippen LogP contribution is 2.40. The molecule has 1 saturated carbocycles. The molecule has 40 heavy (non-hydrogen) atoms. The molecule has 6 nitrogen and oxygen atoms in total. The number of hydrogen-bond donors (Lipinski definition) is 2. The van der Waals surface area contributed by atoms with E-state index in [1.165, 1.54) is 15.9 Å². The lowest BCUT2D eigenvalue weighted by atomic mass is 10.0. The van der Waals surface area contributed by atoms with Gasteiger partial charge in [-0.3, -0.25) is 4.40 Å². The lowest BCUT2D eigenvalue weighted by molar-refractivity contribution is -0.0329. The largest absolute Gasteiger partial charge is 0.488 e. The van der Waals surface area contributed by atoms with Crippen molar-refractivity contribution in [3.05, 3.63) is 42.2 Å². The quantitative estimate of drug-likeness (QED) is 0.150. The van der Waals surface area contributed by atoms with Crippen molar-refractivity contribution in [2.24, 2.45) is 0 Å². The van der Waals surface area contributed by atoms with Crippen LogP contribution in [-0.2, 0) is 0 Å². The molecule has 0 bridgehead atoms. The number of nitrogens with one attached hydrogen (secondary N) is 2. The average molecular weight is 594 g/mol. The van der Waals surface area contributed by atoms with Crippen LogP contribution >= 0.6 is 19.7 Å². The number of nitrogens with zero attached hydrogens (tertiary/aromatic N) is 3. The molecule has 2 N–H and O–H groups in total. The van der Waals surface area contributed by atoms with Crippen LogP contribution in [0.1, 0.15) is 25.0 Å². The molecule has 2 aromatic heterocycles. The number of imidazole rings is 1. The fourth-order valence-electron chi connectivity index (χ4n) is 4.53. The lowest BCUT2D eigenvalue weighted by Crippen LogP contribution is -2.46. The molecule has 1 aliphatic carbocycles. The van der Waals surface area contributed by atoms with E-state index in [1.54, 1.807) is 12.1 Å². The fraction of sp³-hybridized carbons (Fsp3) is 0.464. The van der Waals surface area contributed by atoms with Crippen LogP contribution in [-0.4, -0.2) is 78.1 Å². The number of benzene rings is 1. The molecule has 214 valence electrons. The first-order valence-electron chi connectivity index (χ1n) is 13.1. The SMILES string of the molecule is CN1CCC(Nc2cccn3c(SC(F)(F)F)c(C#CCNc4ccc(P(C)C)cc4OC4CC4)nc23)C(F)C1. The summed E-state index contributed by atoms with van der Waals surface area (Å²) >= 11 is -0.255. The Morgan fingerprint density at radius 3 is 2.67 bits per heavy atom. The Bertz CT molecular complexity index is 1420. The highest BCUT2D eigenvalue weighted by atomic mass is 32.2. The van der Waals surface area contributed by atoms with Crippen molar-refractivity contribution in [1.82, 2.24) is 14.3 Å². The molecule has 2 unspecified atom stereocenters. The molecule has 2 fully saturated rings. The minimum atomic E-state index is -4.53. The van der Waals surface area contributed by atoms with Crippen molar-refractivity contribution in [1.29, 1.82) is 0 Å². The minimum Gasteiger partial charge on any atom is -0.488 e. The molecular formula is C28H32F4N5OPS. The van der Waals surface area contributed by atoms with Crippen LogP contribution in [0, 0.1) is 11.8 Å². The van der Waals surface area contributed by atoms with E-state index < -0.39 is 17.7 Å². The van der Waals surface area contributed by atoms with E-state index in [4.69, 9.17) is 4.74 Å². The van der Waals surface area contributed by atoms with Gasteiger partial charge in [0.1, 0.15) is 22.6 Å². The van der Waals surface area contributed by atoms with Gasteiger partial charge in [-0.15, -0.1) is 0 Å². The average Bonchev–Trinajstić information content (AvgIpc) is 3.64. The summed E-state index contributed by atoms with van der Waals surface area (Å²) < 4.78 is 62.7. The van der Waals surface area contributed by atoms with E-state index in [9.17, 15) is 17.6 Å². The van der Waals surface area contributed by atoms with Gasteiger partial charge in [0.05, 0.1) is 30.1 Å². The summed E-state index contributed by atoms with van der Waals surface area (Å²) in [6.45, 7) is 5.58. The molecule has 5 rings (SSSR count). The first-order chi connectivity index (χ1) is 19.1. The molecule has 1 saturated heterocycles. The smallest absolute Gasteiger partial charge is 0.447 e. The number of likely N-dealkylation sites (tertiary alicyclic amines) is 1. The van der Waals surface area contributed by atoms with Crippen LogP contribution in [0.2, 0.25) is 0 Å². The number of ether oxygens (including phenoxy) is 1. The number of thioether (sulfide) groups is 1. The van der Waals surface area contributed by atoms with E-state index in [0.717, 1.165) is 30.8 Å². The van der Waals surface area contributed by atoms with Crippen LogP contribution < -0.4 is 20.7 Å². The molecule has 1 aliphatic heterocycles. The maximum atomic E-state index is 14.7. The molecule has 0 amide bonds. The number of hydrogen-bond acceptors (Lipinski definition) is 6.